The number of hydrogen-bond acceptors (Lipinski definition) is 5. The number of piperazine rings is 1. The van der Waals surface area contributed by atoms with Crippen molar-refractivity contribution in [2.45, 2.75) is 56.5 Å². The van der Waals surface area contributed by atoms with Gasteiger partial charge in [-0.25, -0.2) is 13.8 Å². The van der Waals surface area contributed by atoms with E-state index in [-0.39, 0.29) is 24.8 Å². The molecule has 0 unspecified atom stereocenters. The minimum absolute atomic E-state index is 0.0919. The van der Waals surface area contributed by atoms with Gasteiger partial charge in [0.05, 0.1) is 29.1 Å². The Balaban J connectivity index is 1.34. The quantitative estimate of drug-likeness (QED) is 0.463. The van der Waals surface area contributed by atoms with Gasteiger partial charge in [0.2, 0.25) is 11.8 Å². The van der Waals surface area contributed by atoms with Gasteiger partial charge in [0, 0.05) is 31.8 Å². The molecule has 1 saturated heterocycles. The average Bonchev–Trinajstić information content (AvgIpc) is 3.43. The number of aromatic nitrogens is 1. The maximum Gasteiger partial charge on any atom is 0.243 e. The number of fused-ring (bicyclic) bond motifs is 2. The summed E-state index contributed by atoms with van der Waals surface area (Å²) in [6, 6.07) is 13.0. The van der Waals surface area contributed by atoms with Crippen molar-refractivity contribution in [2.75, 3.05) is 18.4 Å². The summed E-state index contributed by atoms with van der Waals surface area (Å²) in [6.07, 6.45) is 9.18. The van der Waals surface area contributed by atoms with E-state index >= 15 is 0 Å². The number of nitrogens with one attached hydrogen (secondary N) is 2. The van der Waals surface area contributed by atoms with E-state index in [1.54, 1.807) is 17.2 Å². The summed E-state index contributed by atoms with van der Waals surface area (Å²) in [7, 11) is 0. The van der Waals surface area contributed by atoms with E-state index in [1.807, 2.05) is 37.3 Å². The summed E-state index contributed by atoms with van der Waals surface area (Å²) >= 11 is 0. The summed E-state index contributed by atoms with van der Waals surface area (Å²) in [5.41, 5.74) is 2.34. The molecule has 2 N–H and O–H groups in total. The van der Waals surface area contributed by atoms with Crippen molar-refractivity contribution in [3.63, 3.8) is 0 Å². The molecular weight excluding hydrogens is 536 g/mol. The van der Waals surface area contributed by atoms with Crippen LogP contribution in [0.2, 0.25) is 0 Å². The molecule has 1 aromatic heterocycles. The second-order valence-electron chi connectivity index (χ2n) is 11.6. The standard InChI is InChI=1S/C33H31F2N5O2/c1-32(26-16-27(34)18-28(35)17-26)20-38-33(8-2-3-9-33)31(42)40(32)11-5-7-21-12-24-15-29(41)39-30-22(6-4-10-37-30)13-23(24)14-25(21)19-36/h4-7,10,12,14,16-18,38H,2-3,8-9,11,13,15,20H2,1H3,(H,37,39,41)/b7-5+/t32-/m0/s1. The van der Waals surface area contributed by atoms with Gasteiger partial charge in [-0.15, -0.1) is 0 Å². The topological polar surface area (TPSA) is 98.1 Å². The Morgan fingerprint density at radius 1 is 1.05 bits per heavy atom. The molecule has 1 aliphatic carbocycles. The molecule has 42 heavy (non-hydrogen) atoms. The van der Waals surface area contributed by atoms with Crippen LogP contribution in [0.4, 0.5) is 14.6 Å². The number of anilines is 1. The molecule has 6 rings (SSSR count). The first kappa shape index (κ1) is 27.7. The van der Waals surface area contributed by atoms with Gasteiger partial charge in [-0.1, -0.05) is 31.1 Å². The van der Waals surface area contributed by atoms with E-state index in [1.165, 1.54) is 12.1 Å². The minimum Gasteiger partial charge on any atom is -0.327 e. The summed E-state index contributed by atoms with van der Waals surface area (Å²) in [6.45, 7) is 2.35. The van der Waals surface area contributed by atoms with Gasteiger partial charge in [0.1, 0.15) is 17.5 Å². The van der Waals surface area contributed by atoms with E-state index in [9.17, 15) is 23.6 Å². The number of benzene rings is 2. The van der Waals surface area contributed by atoms with E-state index in [0.717, 1.165) is 35.6 Å². The third-order valence-electron chi connectivity index (χ3n) is 8.92. The molecule has 3 aromatic rings. The van der Waals surface area contributed by atoms with E-state index in [4.69, 9.17) is 0 Å². The molecule has 0 radical (unpaired) electrons. The molecule has 1 saturated carbocycles. The Kier molecular flexibility index (Phi) is 7.11. The third-order valence-corrected chi connectivity index (χ3v) is 8.92. The van der Waals surface area contributed by atoms with Crippen molar-refractivity contribution >= 4 is 23.7 Å². The van der Waals surface area contributed by atoms with Crippen molar-refractivity contribution in [2.24, 2.45) is 0 Å². The van der Waals surface area contributed by atoms with Gasteiger partial charge in [0.15, 0.2) is 0 Å². The summed E-state index contributed by atoms with van der Waals surface area (Å²) in [4.78, 5) is 32.7. The molecule has 3 heterocycles. The second kappa shape index (κ2) is 10.8. The molecule has 7 nitrogen and oxygen atoms in total. The first-order valence-electron chi connectivity index (χ1n) is 14.2. The molecule has 0 bridgehead atoms. The zero-order valence-electron chi connectivity index (χ0n) is 23.3. The molecule has 214 valence electrons. The first-order chi connectivity index (χ1) is 20.2. The van der Waals surface area contributed by atoms with E-state index < -0.39 is 22.7 Å². The SMILES string of the molecule is C[C@@]1(c2cc(F)cc(F)c2)CNC2(CCCC2)C(=O)N1C/C=C/c1cc2c(cc1C#N)Cc1cccnc1NC(=O)C2. The van der Waals surface area contributed by atoms with Crippen molar-refractivity contribution in [1.82, 2.24) is 15.2 Å². The predicted octanol–water partition coefficient (Wildman–Crippen LogP) is 4.99. The fourth-order valence-corrected chi connectivity index (χ4v) is 6.58. The smallest absolute Gasteiger partial charge is 0.243 e. The summed E-state index contributed by atoms with van der Waals surface area (Å²) in [5.74, 6) is -1.15. The van der Waals surface area contributed by atoms with Crippen LogP contribution in [0.15, 0.2) is 54.7 Å². The molecule has 2 aliphatic heterocycles. The highest BCUT2D eigenvalue weighted by atomic mass is 19.1. The van der Waals surface area contributed by atoms with Crippen molar-refractivity contribution in [1.29, 1.82) is 5.26 Å². The lowest BCUT2D eigenvalue weighted by Gasteiger charge is -2.51. The molecule has 1 atom stereocenters. The maximum atomic E-state index is 14.3. The van der Waals surface area contributed by atoms with Gasteiger partial charge in [-0.3, -0.25) is 9.59 Å². The summed E-state index contributed by atoms with van der Waals surface area (Å²) < 4.78 is 28.6. The normalized spacial score (nSPS) is 21.4. The summed E-state index contributed by atoms with van der Waals surface area (Å²) in [5, 5.41) is 16.3. The highest BCUT2D eigenvalue weighted by Crippen LogP contribution is 2.41. The van der Waals surface area contributed by atoms with Gasteiger partial charge in [-0.05, 0) is 77.9 Å². The first-order valence-corrected chi connectivity index (χ1v) is 14.2. The number of carbonyl (C=O) groups excluding carboxylic acids is 2. The van der Waals surface area contributed by atoms with Crippen LogP contribution in [0.3, 0.4) is 0 Å². The van der Waals surface area contributed by atoms with Crippen LogP contribution < -0.4 is 10.6 Å². The lowest BCUT2D eigenvalue weighted by Crippen LogP contribution is -2.70. The number of nitrogens with zero attached hydrogens (tertiary/aromatic N) is 3. The van der Waals surface area contributed by atoms with Crippen molar-refractivity contribution in [3.05, 3.63) is 99.8 Å². The average molecular weight is 568 g/mol. The number of hydrogen-bond donors (Lipinski definition) is 2. The van der Waals surface area contributed by atoms with Gasteiger partial charge in [0.25, 0.3) is 0 Å². The molecule has 2 aromatic carbocycles. The molecule has 2 amide bonds. The number of carbonyl (C=O) groups is 2. The number of rotatable bonds is 4. The van der Waals surface area contributed by atoms with Crippen LogP contribution >= 0.6 is 0 Å². The molecule has 2 fully saturated rings. The second-order valence-corrected chi connectivity index (χ2v) is 11.6. The number of nitriles is 1. The number of pyridine rings is 1. The van der Waals surface area contributed by atoms with Gasteiger partial charge in [-0.2, -0.15) is 5.26 Å². The highest BCUT2D eigenvalue weighted by molar-refractivity contribution is 5.93. The van der Waals surface area contributed by atoms with Crippen LogP contribution in [0.5, 0.6) is 0 Å². The Labute approximate surface area is 243 Å². The highest BCUT2D eigenvalue weighted by Gasteiger charge is 2.53. The lowest BCUT2D eigenvalue weighted by molar-refractivity contribution is -0.149. The molecule has 9 heteroatoms. The minimum atomic E-state index is -0.998. The van der Waals surface area contributed by atoms with Crippen LogP contribution in [0, 0.1) is 23.0 Å². The zero-order valence-corrected chi connectivity index (χ0v) is 23.3. The Bertz CT molecular complexity index is 1640. The number of halogens is 2. The van der Waals surface area contributed by atoms with Crippen LogP contribution in [0.25, 0.3) is 6.08 Å². The Morgan fingerprint density at radius 2 is 1.79 bits per heavy atom. The van der Waals surface area contributed by atoms with E-state index in [2.05, 4.69) is 21.7 Å². The molecule has 3 aliphatic rings. The van der Waals surface area contributed by atoms with Crippen molar-refractivity contribution in [3.8, 4) is 6.07 Å². The maximum absolute atomic E-state index is 14.3. The molecular formula is C33H31F2N5O2. The Morgan fingerprint density at radius 3 is 2.52 bits per heavy atom. The zero-order chi connectivity index (χ0) is 29.5. The molecule has 1 spiro atoms. The largest absolute Gasteiger partial charge is 0.327 e. The van der Waals surface area contributed by atoms with Crippen LogP contribution in [-0.2, 0) is 28.0 Å². The van der Waals surface area contributed by atoms with Gasteiger partial charge >= 0.3 is 0 Å². The van der Waals surface area contributed by atoms with E-state index in [0.29, 0.717) is 48.3 Å². The fourth-order valence-electron chi connectivity index (χ4n) is 6.58. The van der Waals surface area contributed by atoms with Gasteiger partial charge < -0.3 is 15.5 Å². The van der Waals surface area contributed by atoms with Crippen molar-refractivity contribution < 1.29 is 18.4 Å². The fraction of sp³-hybridized carbons (Fsp3) is 0.333. The predicted molar refractivity (Wildman–Crippen MR) is 154 cm³/mol. The lowest BCUT2D eigenvalue weighted by atomic mass is 9.81. The van der Waals surface area contributed by atoms with Crippen LogP contribution in [-0.4, -0.2) is 40.3 Å². The number of amides is 2. The Hall–Kier alpha value is -4.42. The monoisotopic (exact) mass is 567 g/mol. The third kappa shape index (κ3) is 4.96. The van der Waals surface area contributed by atoms with Crippen LogP contribution in [0.1, 0.15) is 66.0 Å².